The maximum Gasteiger partial charge on any atom is 0.264 e. The van der Waals surface area contributed by atoms with Crippen LogP contribution < -0.4 is 10.9 Å². The zero-order valence-corrected chi connectivity index (χ0v) is 16.8. The van der Waals surface area contributed by atoms with Crippen molar-refractivity contribution in [1.29, 1.82) is 0 Å². The molecule has 0 saturated carbocycles. The molecule has 0 spiro atoms. The summed E-state index contributed by atoms with van der Waals surface area (Å²) >= 11 is 6.03. The molecule has 150 valence electrons. The predicted octanol–water partition coefficient (Wildman–Crippen LogP) is 3.44. The van der Waals surface area contributed by atoms with Gasteiger partial charge in [-0.25, -0.2) is 9.78 Å². The minimum atomic E-state index is -0.357. The van der Waals surface area contributed by atoms with Crippen LogP contribution in [0.3, 0.4) is 0 Å². The lowest BCUT2D eigenvalue weighted by atomic mass is 9.98. The average Bonchev–Trinajstić information content (AvgIpc) is 3.15. The van der Waals surface area contributed by atoms with E-state index >= 15 is 0 Å². The van der Waals surface area contributed by atoms with Crippen molar-refractivity contribution >= 4 is 17.5 Å². The van der Waals surface area contributed by atoms with Crippen LogP contribution in [0.2, 0.25) is 5.02 Å². The Kier molecular flexibility index (Phi) is 5.45. The van der Waals surface area contributed by atoms with Gasteiger partial charge in [0.2, 0.25) is 0 Å². The van der Waals surface area contributed by atoms with Crippen molar-refractivity contribution in [3.8, 4) is 5.82 Å². The summed E-state index contributed by atoms with van der Waals surface area (Å²) in [5, 5.41) is 14.3. The number of aromatic nitrogens is 4. The van der Waals surface area contributed by atoms with E-state index in [9.17, 15) is 9.59 Å². The molecular weight excluding hydrogens is 402 g/mol. The Morgan fingerprint density at radius 2 is 1.73 bits per heavy atom. The number of amides is 1. The summed E-state index contributed by atoms with van der Waals surface area (Å²) in [6, 6.07) is 19.6. The van der Waals surface area contributed by atoms with E-state index in [1.807, 2.05) is 42.5 Å². The summed E-state index contributed by atoms with van der Waals surface area (Å²) in [6.07, 6.45) is 1.49. The second kappa shape index (κ2) is 8.34. The predicted molar refractivity (Wildman–Crippen MR) is 114 cm³/mol. The summed E-state index contributed by atoms with van der Waals surface area (Å²) in [4.78, 5) is 24.4. The second-order valence-electron chi connectivity index (χ2n) is 6.70. The first-order valence-corrected chi connectivity index (χ1v) is 9.63. The van der Waals surface area contributed by atoms with Crippen molar-refractivity contribution < 1.29 is 4.79 Å². The van der Waals surface area contributed by atoms with Crippen molar-refractivity contribution in [2.45, 2.75) is 13.0 Å². The second-order valence-corrected chi connectivity index (χ2v) is 7.14. The number of rotatable bonds is 5. The zero-order chi connectivity index (χ0) is 21.1. The number of H-pyrrole nitrogens is 1. The topological polar surface area (TPSA) is 92.7 Å². The molecule has 0 aliphatic carbocycles. The van der Waals surface area contributed by atoms with Crippen molar-refractivity contribution in [3.05, 3.63) is 111 Å². The van der Waals surface area contributed by atoms with Gasteiger partial charge < -0.3 is 5.32 Å². The van der Waals surface area contributed by atoms with Gasteiger partial charge in [-0.1, -0.05) is 54.1 Å². The quantitative estimate of drug-likeness (QED) is 0.518. The molecule has 0 aliphatic rings. The number of nitrogens with zero attached hydrogens (tertiary/aromatic N) is 3. The van der Waals surface area contributed by atoms with E-state index in [1.165, 1.54) is 16.9 Å². The lowest BCUT2D eigenvalue weighted by molar-refractivity contribution is 0.0942. The third-order valence-corrected chi connectivity index (χ3v) is 5.00. The van der Waals surface area contributed by atoms with E-state index in [-0.39, 0.29) is 17.5 Å². The number of carbonyl (C=O) groups excluding carboxylic acids is 1. The van der Waals surface area contributed by atoms with Crippen LogP contribution in [-0.4, -0.2) is 25.9 Å². The van der Waals surface area contributed by atoms with E-state index in [0.29, 0.717) is 22.1 Å². The van der Waals surface area contributed by atoms with Gasteiger partial charge in [-0.05, 0) is 36.2 Å². The molecule has 4 rings (SSSR count). The van der Waals surface area contributed by atoms with E-state index in [2.05, 4.69) is 20.6 Å². The fourth-order valence-corrected chi connectivity index (χ4v) is 3.31. The molecule has 1 atom stereocenters. The molecule has 4 aromatic rings. The van der Waals surface area contributed by atoms with Gasteiger partial charge in [-0.15, -0.1) is 0 Å². The normalized spacial score (nSPS) is 11.8. The van der Waals surface area contributed by atoms with Crippen LogP contribution in [0.4, 0.5) is 0 Å². The molecule has 8 heteroatoms. The molecular formula is C22H18ClN5O2. The Morgan fingerprint density at radius 3 is 2.40 bits per heavy atom. The highest BCUT2D eigenvalue weighted by Crippen LogP contribution is 2.24. The SMILES string of the molecule is Cc1c(C(=O)N[C@@H](c2ccccc2)c2ccc(Cl)cc2)cnn1-c1ccc(=O)[nH]n1. The minimum Gasteiger partial charge on any atom is -0.341 e. The van der Waals surface area contributed by atoms with Crippen molar-refractivity contribution in [2.75, 3.05) is 0 Å². The first-order chi connectivity index (χ1) is 14.5. The van der Waals surface area contributed by atoms with E-state index < -0.39 is 0 Å². The van der Waals surface area contributed by atoms with Gasteiger partial charge >= 0.3 is 0 Å². The van der Waals surface area contributed by atoms with Crippen molar-refractivity contribution in [3.63, 3.8) is 0 Å². The highest BCUT2D eigenvalue weighted by atomic mass is 35.5. The van der Waals surface area contributed by atoms with Gasteiger partial charge in [0.25, 0.3) is 11.5 Å². The highest BCUT2D eigenvalue weighted by molar-refractivity contribution is 6.30. The molecule has 0 unspecified atom stereocenters. The van der Waals surface area contributed by atoms with Crippen molar-refractivity contribution in [1.82, 2.24) is 25.3 Å². The molecule has 0 saturated heterocycles. The Morgan fingerprint density at radius 1 is 1.03 bits per heavy atom. The molecule has 0 aliphatic heterocycles. The molecule has 7 nitrogen and oxygen atoms in total. The molecule has 0 bridgehead atoms. The standard InChI is InChI=1S/C22H18ClN5O2/c1-14-18(13-24-28(14)19-11-12-20(29)27-26-19)22(30)25-21(15-5-3-2-4-6-15)16-7-9-17(23)10-8-16/h2-13,21H,1H3,(H,25,30)(H,27,29)/t21-/m0/s1. The first kappa shape index (κ1) is 19.6. The number of halogens is 1. The number of aromatic amines is 1. The number of carbonyl (C=O) groups is 1. The van der Waals surface area contributed by atoms with E-state index in [0.717, 1.165) is 11.1 Å². The highest BCUT2D eigenvalue weighted by Gasteiger charge is 2.21. The third-order valence-electron chi connectivity index (χ3n) is 4.75. The zero-order valence-electron chi connectivity index (χ0n) is 16.0. The van der Waals surface area contributed by atoms with Crippen LogP contribution in [0.25, 0.3) is 5.82 Å². The van der Waals surface area contributed by atoms with Gasteiger partial charge in [0.15, 0.2) is 5.82 Å². The average molecular weight is 420 g/mol. The lowest BCUT2D eigenvalue weighted by Gasteiger charge is -2.20. The minimum absolute atomic E-state index is 0.271. The van der Waals surface area contributed by atoms with Gasteiger partial charge in [-0.3, -0.25) is 9.59 Å². The number of hydrogen-bond acceptors (Lipinski definition) is 4. The van der Waals surface area contributed by atoms with Crippen LogP contribution in [-0.2, 0) is 0 Å². The maximum absolute atomic E-state index is 13.1. The fourth-order valence-electron chi connectivity index (χ4n) is 3.19. The summed E-state index contributed by atoms with van der Waals surface area (Å²) in [5.41, 5.74) is 2.56. The monoisotopic (exact) mass is 419 g/mol. The Labute approximate surface area is 177 Å². The Bertz CT molecular complexity index is 1210. The van der Waals surface area contributed by atoms with Crippen molar-refractivity contribution in [2.24, 2.45) is 0 Å². The van der Waals surface area contributed by atoms with Crippen LogP contribution in [0, 0.1) is 6.92 Å². The molecule has 0 fully saturated rings. The van der Waals surface area contributed by atoms with E-state index in [4.69, 9.17) is 11.6 Å². The lowest BCUT2D eigenvalue weighted by Crippen LogP contribution is -2.29. The largest absolute Gasteiger partial charge is 0.341 e. The van der Waals surface area contributed by atoms with Gasteiger partial charge in [0, 0.05) is 11.1 Å². The Balaban J connectivity index is 1.65. The molecule has 2 aromatic heterocycles. The molecule has 1 amide bonds. The number of hydrogen-bond donors (Lipinski definition) is 2. The molecule has 2 aromatic carbocycles. The van der Waals surface area contributed by atoms with Crippen LogP contribution in [0.1, 0.15) is 33.2 Å². The molecule has 0 radical (unpaired) electrons. The van der Waals surface area contributed by atoms with Gasteiger partial charge in [0.1, 0.15) is 0 Å². The molecule has 2 heterocycles. The third kappa shape index (κ3) is 4.01. The molecule has 2 N–H and O–H groups in total. The summed E-state index contributed by atoms with van der Waals surface area (Å²) in [6.45, 7) is 1.77. The number of benzene rings is 2. The fraction of sp³-hybridized carbons (Fsp3) is 0.0909. The maximum atomic E-state index is 13.1. The van der Waals surface area contributed by atoms with Gasteiger partial charge in [-0.2, -0.15) is 10.2 Å². The number of nitrogens with one attached hydrogen (secondary N) is 2. The summed E-state index contributed by atoms with van der Waals surface area (Å²) in [5.74, 6) is 0.149. The summed E-state index contributed by atoms with van der Waals surface area (Å²) in [7, 11) is 0. The summed E-state index contributed by atoms with van der Waals surface area (Å²) < 4.78 is 1.50. The van der Waals surface area contributed by atoms with Gasteiger partial charge in [0.05, 0.1) is 23.5 Å². The smallest absolute Gasteiger partial charge is 0.264 e. The van der Waals surface area contributed by atoms with Crippen LogP contribution in [0.15, 0.2) is 77.7 Å². The van der Waals surface area contributed by atoms with Crippen LogP contribution in [0.5, 0.6) is 0 Å². The molecule has 30 heavy (non-hydrogen) atoms. The Hall–Kier alpha value is -3.71. The van der Waals surface area contributed by atoms with E-state index in [1.54, 1.807) is 25.1 Å². The van der Waals surface area contributed by atoms with Crippen LogP contribution >= 0.6 is 11.6 Å². The first-order valence-electron chi connectivity index (χ1n) is 9.25.